The predicted molar refractivity (Wildman–Crippen MR) is 112 cm³/mol. The summed E-state index contributed by atoms with van der Waals surface area (Å²) < 4.78 is 37.5. The molecule has 0 spiro atoms. The first kappa shape index (κ1) is 21.5. The third kappa shape index (κ3) is 4.06. The number of carbonyl (C=O) groups is 1. The predicted octanol–water partition coefficient (Wildman–Crippen LogP) is 3.86. The van der Waals surface area contributed by atoms with Crippen molar-refractivity contribution < 1.29 is 23.0 Å². The van der Waals surface area contributed by atoms with Crippen molar-refractivity contribution in [2.75, 3.05) is 17.7 Å². The number of nitrogens with one attached hydrogen (secondary N) is 2. The van der Waals surface area contributed by atoms with E-state index in [-0.39, 0.29) is 27.9 Å². The van der Waals surface area contributed by atoms with Gasteiger partial charge in [0, 0.05) is 16.3 Å². The molecule has 4 rings (SSSR count). The van der Waals surface area contributed by atoms with Gasteiger partial charge in [0.15, 0.2) is 0 Å². The monoisotopic (exact) mass is 462 g/mol. The lowest BCUT2D eigenvalue weighted by Crippen LogP contribution is -2.32. The zero-order valence-electron chi connectivity index (χ0n) is 16.8. The van der Waals surface area contributed by atoms with Crippen LogP contribution in [0.25, 0.3) is 0 Å². The van der Waals surface area contributed by atoms with Gasteiger partial charge in [0.25, 0.3) is 5.91 Å². The first-order valence-electron chi connectivity index (χ1n) is 9.33. The number of allylic oxidation sites excluding steroid dienone is 1. The molecule has 166 valence electrons. The van der Waals surface area contributed by atoms with Crippen molar-refractivity contribution in [1.29, 1.82) is 0 Å². The molecular formula is C20H17ClF2N6O3. The fraction of sp³-hybridized carbons (Fsp3) is 0.200. The Bertz CT molecular complexity index is 1200. The summed E-state index contributed by atoms with van der Waals surface area (Å²) in [5.41, 5.74) is 1.22. The number of nitrogens with zero attached hydrogens (tertiary/aromatic N) is 4. The number of para-hydroxylation sites is 2. The molecule has 2 aromatic carbocycles. The second-order valence-corrected chi connectivity index (χ2v) is 7.16. The molecule has 1 aliphatic heterocycles. The zero-order chi connectivity index (χ0) is 22.8. The van der Waals surface area contributed by atoms with Crippen LogP contribution in [0, 0.1) is 0 Å². The normalized spacial score (nSPS) is 15.2. The van der Waals surface area contributed by atoms with E-state index in [1.807, 2.05) is 0 Å². The number of alkyl halides is 2. The molecule has 1 aliphatic rings. The SMILES string of the molecule is COc1ccccc1NC(=O)C1=C(C)Nc2nnnn2[C@H]1c1cc(Cl)ccc1OC(F)F. The Morgan fingerprint density at radius 3 is 2.78 bits per heavy atom. The minimum Gasteiger partial charge on any atom is -0.495 e. The number of fused-ring (bicyclic) bond motifs is 1. The molecule has 32 heavy (non-hydrogen) atoms. The second kappa shape index (κ2) is 8.79. The largest absolute Gasteiger partial charge is 0.495 e. The summed E-state index contributed by atoms with van der Waals surface area (Å²) in [5.74, 6) is -0.00177. The van der Waals surface area contributed by atoms with Gasteiger partial charge in [-0.15, -0.1) is 0 Å². The van der Waals surface area contributed by atoms with Gasteiger partial charge in [0.1, 0.15) is 17.5 Å². The van der Waals surface area contributed by atoms with Crippen molar-refractivity contribution in [1.82, 2.24) is 20.2 Å². The molecule has 0 saturated heterocycles. The van der Waals surface area contributed by atoms with Gasteiger partial charge in [-0.3, -0.25) is 4.79 Å². The van der Waals surface area contributed by atoms with Gasteiger partial charge in [-0.25, -0.2) is 0 Å². The Labute approximate surface area is 186 Å². The van der Waals surface area contributed by atoms with Crippen LogP contribution in [0.3, 0.4) is 0 Å². The number of halogens is 3. The van der Waals surface area contributed by atoms with Crippen LogP contribution in [0.15, 0.2) is 53.7 Å². The first-order chi connectivity index (χ1) is 15.4. The summed E-state index contributed by atoms with van der Waals surface area (Å²) in [6, 6.07) is 10.0. The van der Waals surface area contributed by atoms with Crippen LogP contribution < -0.4 is 20.1 Å². The van der Waals surface area contributed by atoms with Crippen LogP contribution in [0.5, 0.6) is 11.5 Å². The number of rotatable bonds is 6. The summed E-state index contributed by atoms with van der Waals surface area (Å²) >= 11 is 6.15. The number of benzene rings is 2. The van der Waals surface area contributed by atoms with Gasteiger partial charge in [0.2, 0.25) is 5.95 Å². The van der Waals surface area contributed by atoms with E-state index in [2.05, 4.69) is 26.2 Å². The number of anilines is 2. The summed E-state index contributed by atoms with van der Waals surface area (Å²) in [6.45, 7) is -1.43. The van der Waals surface area contributed by atoms with E-state index in [0.717, 1.165) is 0 Å². The molecule has 12 heteroatoms. The van der Waals surface area contributed by atoms with E-state index in [9.17, 15) is 13.6 Å². The van der Waals surface area contributed by atoms with Crippen molar-refractivity contribution in [3.05, 3.63) is 64.3 Å². The lowest BCUT2D eigenvalue weighted by Gasteiger charge is -2.29. The number of carbonyl (C=O) groups excluding carboxylic acids is 1. The van der Waals surface area contributed by atoms with E-state index in [0.29, 0.717) is 17.1 Å². The number of tetrazole rings is 1. The van der Waals surface area contributed by atoms with Crippen LogP contribution in [0.4, 0.5) is 20.4 Å². The Kier molecular flexibility index (Phi) is 5.91. The Morgan fingerprint density at radius 1 is 1.25 bits per heavy atom. The molecule has 1 amide bonds. The lowest BCUT2D eigenvalue weighted by molar-refractivity contribution is -0.113. The van der Waals surface area contributed by atoms with E-state index in [1.54, 1.807) is 31.2 Å². The fourth-order valence-electron chi connectivity index (χ4n) is 3.47. The molecule has 3 aromatic rings. The number of methoxy groups -OCH3 is 1. The average molecular weight is 463 g/mol. The molecule has 0 saturated carbocycles. The highest BCUT2D eigenvalue weighted by Crippen LogP contribution is 2.40. The van der Waals surface area contributed by atoms with E-state index >= 15 is 0 Å². The highest BCUT2D eigenvalue weighted by atomic mass is 35.5. The summed E-state index contributed by atoms with van der Waals surface area (Å²) in [7, 11) is 1.48. The smallest absolute Gasteiger partial charge is 0.387 e. The molecule has 2 N–H and O–H groups in total. The average Bonchev–Trinajstić information content (AvgIpc) is 3.22. The first-order valence-corrected chi connectivity index (χ1v) is 9.71. The standard InChI is InChI=1S/C20H17ClF2N6O3/c1-10-16(18(30)25-13-5-3-4-6-15(13)31-2)17(29-20(24-10)26-27-28-29)12-9-11(21)7-8-14(12)32-19(22)23/h3-9,17,19H,1-2H3,(H,25,30)(H,24,26,28)/t17-/m0/s1. The van der Waals surface area contributed by atoms with Gasteiger partial charge in [-0.1, -0.05) is 28.8 Å². The van der Waals surface area contributed by atoms with Crippen molar-refractivity contribution in [3.63, 3.8) is 0 Å². The molecule has 0 unspecified atom stereocenters. The second-order valence-electron chi connectivity index (χ2n) is 6.73. The van der Waals surface area contributed by atoms with Crippen molar-refractivity contribution in [2.24, 2.45) is 0 Å². The molecule has 9 nitrogen and oxygen atoms in total. The Hall–Kier alpha value is -3.73. The van der Waals surface area contributed by atoms with E-state index in [1.165, 1.54) is 30.0 Å². The van der Waals surface area contributed by atoms with Gasteiger partial charge < -0.3 is 20.1 Å². The van der Waals surface area contributed by atoms with Gasteiger partial charge in [-0.05, 0) is 47.7 Å². The van der Waals surface area contributed by atoms with Crippen molar-refractivity contribution in [3.8, 4) is 11.5 Å². The maximum absolute atomic E-state index is 13.4. The van der Waals surface area contributed by atoms with Crippen LogP contribution >= 0.6 is 11.6 Å². The molecule has 0 radical (unpaired) electrons. The van der Waals surface area contributed by atoms with Gasteiger partial charge >= 0.3 is 6.61 Å². The minimum atomic E-state index is -3.08. The molecule has 0 bridgehead atoms. The van der Waals surface area contributed by atoms with Crippen LogP contribution in [0.2, 0.25) is 5.02 Å². The van der Waals surface area contributed by atoms with E-state index < -0.39 is 18.6 Å². The molecule has 0 aliphatic carbocycles. The number of aromatic nitrogens is 4. The zero-order valence-corrected chi connectivity index (χ0v) is 17.6. The van der Waals surface area contributed by atoms with Crippen LogP contribution in [-0.4, -0.2) is 39.8 Å². The third-order valence-electron chi connectivity index (χ3n) is 4.80. The minimum absolute atomic E-state index is 0.159. The quantitative estimate of drug-likeness (QED) is 0.573. The maximum Gasteiger partial charge on any atom is 0.387 e. The van der Waals surface area contributed by atoms with Gasteiger partial charge in [0.05, 0.1) is 18.4 Å². The van der Waals surface area contributed by atoms with E-state index in [4.69, 9.17) is 21.1 Å². The third-order valence-corrected chi connectivity index (χ3v) is 5.03. The molecular weight excluding hydrogens is 446 g/mol. The molecule has 1 aromatic heterocycles. The van der Waals surface area contributed by atoms with Crippen LogP contribution in [0.1, 0.15) is 18.5 Å². The summed E-state index contributed by atoms with van der Waals surface area (Å²) in [5, 5.41) is 17.5. The Morgan fingerprint density at radius 2 is 2.03 bits per heavy atom. The lowest BCUT2D eigenvalue weighted by atomic mass is 9.94. The number of hydrogen-bond donors (Lipinski definition) is 2. The number of hydrogen-bond acceptors (Lipinski definition) is 7. The van der Waals surface area contributed by atoms with Gasteiger partial charge in [-0.2, -0.15) is 13.5 Å². The molecule has 0 fully saturated rings. The topological polar surface area (TPSA) is 103 Å². The number of amides is 1. The highest BCUT2D eigenvalue weighted by molar-refractivity contribution is 6.30. The summed E-state index contributed by atoms with van der Waals surface area (Å²) in [4.78, 5) is 13.4. The highest BCUT2D eigenvalue weighted by Gasteiger charge is 2.36. The molecule has 1 atom stereocenters. The van der Waals surface area contributed by atoms with Crippen LogP contribution in [-0.2, 0) is 4.79 Å². The maximum atomic E-state index is 13.4. The summed E-state index contributed by atoms with van der Waals surface area (Å²) in [6.07, 6.45) is 0. The van der Waals surface area contributed by atoms with Crippen molar-refractivity contribution >= 4 is 29.1 Å². The van der Waals surface area contributed by atoms with Crippen molar-refractivity contribution in [2.45, 2.75) is 19.6 Å². The number of ether oxygens (including phenoxy) is 2. The Balaban J connectivity index is 1.83. The molecule has 2 heterocycles. The fourth-order valence-corrected chi connectivity index (χ4v) is 3.65.